The van der Waals surface area contributed by atoms with Gasteiger partial charge in [-0.3, -0.25) is 4.79 Å². The van der Waals surface area contributed by atoms with Gasteiger partial charge in [0.2, 0.25) is 5.91 Å². The van der Waals surface area contributed by atoms with E-state index in [1.807, 2.05) is 0 Å². The lowest BCUT2D eigenvalue weighted by molar-refractivity contribution is -0.137. The lowest BCUT2D eigenvalue weighted by atomic mass is 10.00. The summed E-state index contributed by atoms with van der Waals surface area (Å²) in [7, 11) is 1.38. The van der Waals surface area contributed by atoms with Crippen molar-refractivity contribution < 1.29 is 27.8 Å². The molecule has 0 unspecified atom stereocenters. The summed E-state index contributed by atoms with van der Waals surface area (Å²) in [6.07, 6.45) is -3.23. The Balaban J connectivity index is 2.51. The van der Waals surface area contributed by atoms with Crippen LogP contribution in [0.5, 0.6) is 11.5 Å². The molecule has 0 heterocycles. The molecule has 0 fully saturated rings. The third kappa shape index (κ3) is 3.87. The van der Waals surface area contributed by atoms with Gasteiger partial charge in [0.25, 0.3) is 0 Å². The van der Waals surface area contributed by atoms with E-state index in [0.717, 1.165) is 12.1 Å². The Labute approximate surface area is 136 Å². The predicted molar refractivity (Wildman–Crippen MR) is 83.2 cm³/mol. The first-order valence-corrected chi connectivity index (χ1v) is 6.78. The topological polar surface area (TPSA) is 72.5 Å². The van der Waals surface area contributed by atoms with E-state index in [0.29, 0.717) is 5.56 Å². The molecule has 1 amide bonds. The standard InChI is InChI=1S/C17H14F3NO3/c1-24-15-6-5-10(8-14(15)22)7-13(16(21)23)11-3-2-4-12(9-11)17(18,19)20/h2-9,22H,1H3,(H2,21,23)/b13-7+. The lowest BCUT2D eigenvalue weighted by Gasteiger charge is -2.10. The Morgan fingerprint density at radius 1 is 1.21 bits per heavy atom. The number of benzene rings is 2. The third-order valence-electron chi connectivity index (χ3n) is 3.28. The second-order valence-corrected chi connectivity index (χ2v) is 4.93. The van der Waals surface area contributed by atoms with Gasteiger partial charge in [0, 0.05) is 5.57 Å². The number of halogens is 3. The second kappa shape index (κ2) is 6.66. The minimum atomic E-state index is -4.53. The highest BCUT2D eigenvalue weighted by molar-refractivity contribution is 6.23. The summed E-state index contributed by atoms with van der Waals surface area (Å²) >= 11 is 0. The van der Waals surface area contributed by atoms with Gasteiger partial charge in [-0.15, -0.1) is 0 Å². The molecule has 2 rings (SSSR count). The maximum atomic E-state index is 12.8. The molecule has 7 heteroatoms. The van der Waals surface area contributed by atoms with Crippen LogP contribution in [0.1, 0.15) is 16.7 Å². The van der Waals surface area contributed by atoms with Gasteiger partial charge in [0.05, 0.1) is 12.7 Å². The fraction of sp³-hybridized carbons (Fsp3) is 0.118. The zero-order valence-corrected chi connectivity index (χ0v) is 12.6. The Hall–Kier alpha value is -2.96. The monoisotopic (exact) mass is 337 g/mol. The summed E-state index contributed by atoms with van der Waals surface area (Å²) < 4.78 is 43.3. The fourth-order valence-corrected chi connectivity index (χ4v) is 2.12. The molecule has 0 aromatic heterocycles. The lowest BCUT2D eigenvalue weighted by Crippen LogP contribution is -2.14. The van der Waals surface area contributed by atoms with Gasteiger partial charge in [0.15, 0.2) is 11.5 Å². The summed E-state index contributed by atoms with van der Waals surface area (Å²) in [6.45, 7) is 0. The fourth-order valence-electron chi connectivity index (χ4n) is 2.12. The molecule has 0 aliphatic carbocycles. The van der Waals surface area contributed by atoms with Crippen molar-refractivity contribution in [3.63, 3.8) is 0 Å². The van der Waals surface area contributed by atoms with Gasteiger partial charge in [0.1, 0.15) is 0 Å². The molecule has 2 aromatic rings. The maximum Gasteiger partial charge on any atom is 0.416 e. The maximum absolute atomic E-state index is 12.8. The average molecular weight is 337 g/mol. The van der Waals surface area contributed by atoms with E-state index in [4.69, 9.17) is 10.5 Å². The molecule has 0 saturated heterocycles. The van der Waals surface area contributed by atoms with Crippen LogP contribution in [0.3, 0.4) is 0 Å². The minimum Gasteiger partial charge on any atom is -0.504 e. The number of carbonyl (C=O) groups excluding carboxylic acids is 1. The summed E-state index contributed by atoms with van der Waals surface area (Å²) in [5, 5.41) is 9.75. The molecule has 0 radical (unpaired) electrons. The van der Waals surface area contributed by atoms with Crippen LogP contribution in [0.15, 0.2) is 42.5 Å². The van der Waals surface area contributed by atoms with Gasteiger partial charge in [-0.2, -0.15) is 13.2 Å². The quantitative estimate of drug-likeness (QED) is 0.663. The van der Waals surface area contributed by atoms with Crippen LogP contribution >= 0.6 is 0 Å². The number of aromatic hydroxyl groups is 1. The van der Waals surface area contributed by atoms with Crippen LogP contribution in [-0.4, -0.2) is 18.1 Å². The van der Waals surface area contributed by atoms with E-state index in [9.17, 15) is 23.1 Å². The first-order valence-electron chi connectivity index (χ1n) is 6.78. The summed E-state index contributed by atoms with van der Waals surface area (Å²) in [5.74, 6) is -0.824. The highest BCUT2D eigenvalue weighted by atomic mass is 19.4. The predicted octanol–water partition coefficient (Wildman–Crippen LogP) is 3.45. The smallest absolute Gasteiger partial charge is 0.416 e. The van der Waals surface area contributed by atoms with Crippen molar-refractivity contribution in [2.45, 2.75) is 6.18 Å². The van der Waals surface area contributed by atoms with Crippen molar-refractivity contribution in [3.8, 4) is 11.5 Å². The summed E-state index contributed by atoms with van der Waals surface area (Å²) in [6, 6.07) is 8.62. The highest BCUT2D eigenvalue weighted by Gasteiger charge is 2.30. The molecule has 126 valence electrons. The molecule has 0 saturated carbocycles. The van der Waals surface area contributed by atoms with Crippen LogP contribution in [0.25, 0.3) is 11.6 Å². The van der Waals surface area contributed by atoms with Crippen LogP contribution < -0.4 is 10.5 Å². The van der Waals surface area contributed by atoms with Gasteiger partial charge in [-0.25, -0.2) is 0 Å². The van der Waals surface area contributed by atoms with Gasteiger partial charge >= 0.3 is 6.18 Å². The van der Waals surface area contributed by atoms with E-state index in [1.54, 1.807) is 0 Å². The number of nitrogens with two attached hydrogens (primary N) is 1. The number of primary amides is 1. The van der Waals surface area contributed by atoms with Crippen LogP contribution in [0, 0.1) is 0 Å². The number of phenolic OH excluding ortho intramolecular Hbond substituents is 1. The normalized spacial score (nSPS) is 12.1. The summed E-state index contributed by atoms with van der Waals surface area (Å²) in [5.41, 5.74) is 4.73. The highest BCUT2D eigenvalue weighted by Crippen LogP contribution is 2.32. The number of alkyl halides is 3. The number of ether oxygens (including phenoxy) is 1. The average Bonchev–Trinajstić information content (AvgIpc) is 2.52. The molecule has 0 aliphatic heterocycles. The second-order valence-electron chi connectivity index (χ2n) is 4.93. The van der Waals surface area contributed by atoms with Crippen molar-refractivity contribution >= 4 is 17.6 Å². The Morgan fingerprint density at radius 2 is 1.92 bits per heavy atom. The number of phenols is 1. The van der Waals surface area contributed by atoms with E-state index in [1.165, 1.54) is 43.5 Å². The number of hydrogen-bond donors (Lipinski definition) is 2. The van der Waals surface area contributed by atoms with E-state index in [2.05, 4.69) is 0 Å². The molecule has 0 aliphatic rings. The first kappa shape index (κ1) is 17.4. The third-order valence-corrected chi connectivity index (χ3v) is 3.28. The molecule has 2 aromatic carbocycles. The molecule has 4 nitrogen and oxygen atoms in total. The SMILES string of the molecule is COc1ccc(/C=C(/C(N)=O)c2cccc(C(F)(F)F)c2)cc1O. The van der Waals surface area contributed by atoms with Crippen LogP contribution in [-0.2, 0) is 11.0 Å². The summed E-state index contributed by atoms with van der Waals surface area (Å²) in [4.78, 5) is 11.7. The molecular weight excluding hydrogens is 323 g/mol. The number of amides is 1. The molecule has 3 N–H and O–H groups in total. The first-order chi connectivity index (χ1) is 11.2. The van der Waals surface area contributed by atoms with Crippen molar-refractivity contribution in [2.75, 3.05) is 7.11 Å². The Bertz CT molecular complexity index is 798. The van der Waals surface area contributed by atoms with E-state index < -0.39 is 17.6 Å². The van der Waals surface area contributed by atoms with Gasteiger partial charge < -0.3 is 15.6 Å². The van der Waals surface area contributed by atoms with Crippen molar-refractivity contribution in [2.24, 2.45) is 5.73 Å². The Morgan fingerprint density at radius 3 is 2.46 bits per heavy atom. The molecule has 24 heavy (non-hydrogen) atoms. The zero-order chi connectivity index (χ0) is 17.9. The zero-order valence-electron chi connectivity index (χ0n) is 12.6. The molecular formula is C17H14F3NO3. The Kier molecular flexibility index (Phi) is 4.82. The van der Waals surface area contributed by atoms with Crippen molar-refractivity contribution in [3.05, 3.63) is 59.2 Å². The molecule has 0 bridgehead atoms. The van der Waals surface area contributed by atoms with Crippen molar-refractivity contribution in [1.29, 1.82) is 0 Å². The number of methoxy groups -OCH3 is 1. The largest absolute Gasteiger partial charge is 0.504 e. The molecule has 0 atom stereocenters. The number of rotatable bonds is 4. The van der Waals surface area contributed by atoms with Crippen LogP contribution in [0.4, 0.5) is 13.2 Å². The number of hydrogen-bond acceptors (Lipinski definition) is 3. The van der Waals surface area contributed by atoms with Gasteiger partial charge in [-0.1, -0.05) is 18.2 Å². The molecule has 0 spiro atoms. The van der Waals surface area contributed by atoms with Crippen LogP contribution in [0.2, 0.25) is 0 Å². The van der Waals surface area contributed by atoms with E-state index in [-0.39, 0.29) is 22.6 Å². The van der Waals surface area contributed by atoms with Gasteiger partial charge in [-0.05, 0) is 41.5 Å². The number of carbonyl (C=O) groups is 1. The minimum absolute atomic E-state index is 0.0348. The van der Waals surface area contributed by atoms with Crippen molar-refractivity contribution in [1.82, 2.24) is 0 Å². The van der Waals surface area contributed by atoms with E-state index >= 15 is 0 Å².